The van der Waals surface area contributed by atoms with Crippen LogP contribution in [-0.4, -0.2) is 4.98 Å². The summed E-state index contributed by atoms with van der Waals surface area (Å²) in [4.78, 5) is 4.11. The molecule has 2 rings (SSSR count). The lowest BCUT2D eigenvalue weighted by Crippen LogP contribution is -1.90. The number of aromatic nitrogens is 1. The molecule has 0 aliphatic rings. The number of hydrogen-bond donors (Lipinski definition) is 1. The molecule has 0 amide bonds. The van der Waals surface area contributed by atoms with Gasteiger partial charge in [0.15, 0.2) is 0 Å². The molecule has 0 saturated carbocycles. The summed E-state index contributed by atoms with van der Waals surface area (Å²) in [6.45, 7) is 0. The molecule has 1 heterocycles. The van der Waals surface area contributed by atoms with E-state index in [2.05, 4.69) is 4.98 Å². The van der Waals surface area contributed by atoms with E-state index in [1.807, 2.05) is 6.07 Å². The number of fused-ring (bicyclic) bond motifs is 1. The summed E-state index contributed by atoms with van der Waals surface area (Å²) in [5, 5.41) is 2.08. The summed E-state index contributed by atoms with van der Waals surface area (Å²) < 4.78 is 0. The quantitative estimate of drug-likeness (QED) is 0.730. The molecule has 1 aromatic carbocycles. The van der Waals surface area contributed by atoms with Crippen LogP contribution in [0.15, 0.2) is 24.3 Å². The highest BCUT2D eigenvalue weighted by Gasteiger charge is 2.02. The van der Waals surface area contributed by atoms with Crippen molar-refractivity contribution in [2.75, 3.05) is 5.73 Å². The van der Waals surface area contributed by atoms with Crippen molar-refractivity contribution in [2.24, 2.45) is 0 Å². The van der Waals surface area contributed by atoms with Gasteiger partial charge in [0.2, 0.25) is 0 Å². The molecule has 0 radical (unpaired) electrons. The van der Waals surface area contributed by atoms with Gasteiger partial charge in [-0.25, -0.2) is 4.98 Å². The molecular weight excluding hydrogens is 207 g/mol. The second-order valence-corrected chi connectivity index (χ2v) is 3.53. The van der Waals surface area contributed by atoms with E-state index < -0.39 is 0 Å². The molecule has 0 saturated heterocycles. The standard InChI is InChI=1S/C9H6Cl2N2/c10-5-1-2-6-7(11)4-9(12)13-8(6)3-5/h1-4H,(H2,12,13). The van der Waals surface area contributed by atoms with Gasteiger partial charge in [0.05, 0.1) is 10.5 Å². The van der Waals surface area contributed by atoms with Crippen LogP contribution in [-0.2, 0) is 0 Å². The van der Waals surface area contributed by atoms with Gasteiger partial charge in [0, 0.05) is 10.4 Å². The van der Waals surface area contributed by atoms with Crippen LogP contribution in [0.25, 0.3) is 10.9 Å². The van der Waals surface area contributed by atoms with Crippen molar-refractivity contribution in [1.29, 1.82) is 0 Å². The van der Waals surface area contributed by atoms with Crippen molar-refractivity contribution < 1.29 is 0 Å². The first-order chi connectivity index (χ1) is 6.16. The van der Waals surface area contributed by atoms with E-state index >= 15 is 0 Å². The monoisotopic (exact) mass is 212 g/mol. The van der Waals surface area contributed by atoms with Crippen molar-refractivity contribution in [3.63, 3.8) is 0 Å². The molecule has 2 N–H and O–H groups in total. The minimum atomic E-state index is 0.403. The van der Waals surface area contributed by atoms with Gasteiger partial charge in [-0.05, 0) is 24.3 Å². The largest absolute Gasteiger partial charge is 0.384 e. The Morgan fingerprint density at radius 2 is 1.92 bits per heavy atom. The molecule has 2 aromatic rings. The van der Waals surface area contributed by atoms with Crippen LogP contribution in [0.2, 0.25) is 10.0 Å². The number of pyridine rings is 1. The highest BCUT2D eigenvalue weighted by Crippen LogP contribution is 2.26. The van der Waals surface area contributed by atoms with Crippen LogP contribution in [0, 0.1) is 0 Å². The Morgan fingerprint density at radius 1 is 1.15 bits per heavy atom. The van der Waals surface area contributed by atoms with Crippen LogP contribution < -0.4 is 5.73 Å². The first-order valence-corrected chi connectivity index (χ1v) is 4.44. The smallest absolute Gasteiger partial charge is 0.125 e. The molecule has 0 spiro atoms. The van der Waals surface area contributed by atoms with E-state index in [1.165, 1.54) is 0 Å². The van der Waals surface area contributed by atoms with Crippen LogP contribution in [0.1, 0.15) is 0 Å². The lowest BCUT2D eigenvalue weighted by Gasteiger charge is -2.01. The summed E-state index contributed by atoms with van der Waals surface area (Å²) in [7, 11) is 0. The number of anilines is 1. The Hall–Kier alpha value is -0.990. The summed E-state index contributed by atoms with van der Waals surface area (Å²) in [6.07, 6.45) is 0. The predicted molar refractivity (Wildman–Crippen MR) is 56.2 cm³/mol. The molecule has 4 heteroatoms. The SMILES string of the molecule is Nc1cc(Cl)c2ccc(Cl)cc2n1. The third-order valence-corrected chi connectivity index (χ3v) is 2.29. The summed E-state index contributed by atoms with van der Waals surface area (Å²) >= 11 is 11.8. The molecule has 0 bridgehead atoms. The number of nitrogen functional groups attached to an aromatic ring is 1. The van der Waals surface area contributed by atoms with E-state index in [9.17, 15) is 0 Å². The van der Waals surface area contributed by atoms with Gasteiger partial charge in [-0.15, -0.1) is 0 Å². The number of halogens is 2. The number of nitrogens with zero attached hydrogens (tertiary/aromatic N) is 1. The average Bonchev–Trinajstić information content (AvgIpc) is 2.02. The Bertz CT molecular complexity index is 463. The van der Waals surface area contributed by atoms with Crippen molar-refractivity contribution >= 4 is 39.9 Å². The maximum Gasteiger partial charge on any atom is 0.125 e. The third-order valence-electron chi connectivity index (χ3n) is 1.74. The molecule has 2 nitrogen and oxygen atoms in total. The molecule has 0 aliphatic heterocycles. The highest BCUT2D eigenvalue weighted by molar-refractivity contribution is 6.36. The lowest BCUT2D eigenvalue weighted by molar-refractivity contribution is 1.42. The maximum absolute atomic E-state index is 5.95. The fraction of sp³-hybridized carbons (Fsp3) is 0. The van der Waals surface area contributed by atoms with Crippen molar-refractivity contribution in [3.8, 4) is 0 Å². The summed E-state index contributed by atoms with van der Waals surface area (Å²) in [5.74, 6) is 0.403. The van der Waals surface area contributed by atoms with E-state index in [4.69, 9.17) is 28.9 Å². The summed E-state index contributed by atoms with van der Waals surface area (Å²) in [6, 6.07) is 6.96. The normalized spacial score (nSPS) is 10.6. The third kappa shape index (κ3) is 1.55. The van der Waals surface area contributed by atoms with E-state index in [1.54, 1.807) is 18.2 Å². The Kier molecular flexibility index (Phi) is 2.02. The average molecular weight is 213 g/mol. The number of benzene rings is 1. The van der Waals surface area contributed by atoms with Crippen molar-refractivity contribution in [2.45, 2.75) is 0 Å². The Balaban J connectivity index is 2.86. The second kappa shape index (κ2) is 3.05. The lowest BCUT2D eigenvalue weighted by atomic mass is 10.2. The first-order valence-electron chi connectivity index (χ1n) is 3.68. The Morgan fingerprint density at radius 3 is 2.69 bits per heavy atom. The second-order valence-electron chi connectivity index (χ2n) is 2.69. The minimum Gasteiger partial charge on any atom is -0.384 e. The highest BCUT2D eigenvalue weighted by atomic mass is 35.5. The van der Waals surface area contributed by atoms with E-state index in [-0.39, 0.29) is 0 Å². The fourth-order valence-corrected chi connectivity index (χ4v) is 1.62. The van der Waals surface area contributed by atoms with E-state index in [0.717, 1.165) is 10.9 Å². The van der Waals surface area contributed by atoms with Gasteiger partial charge in [0.25, 0.3) is 0 Å². The van der Waals surface area contributed by atoms with Gasteiger partial charge >= 0.3 is 0 Å². The number of nitrogens with two attached hydrogens (primary N) is 1. The van der Waals surface area contributed by atoms with E-state index in [0.29, 0.717) is 15.9 Å². The first kappa shape index (κ1) is 8.60. The molecule has 0 unspecified atom stereocenters. The number of hydrogen-bond acceptors (Lipinski definition) is 2. The van der Waals surface area contributed by atoms with Crippen LogP contribution in [0.5, 0.6) is 0 Å². The van der Waals surface area contributed by atoms with Crippen LogP contribution in [0.3, 0.4) is 0 Å². The molecule has 66 valence electrons. The molecule has 13 heavy (non-hydrogen) atoms. The zero-order valence-electron chi connectivity index (χ0n) is 6.59. The maximum atomic E-state index is 5.95. The van der Waals surface area contributed by atoms with Gasteiger partial charge in [-0.2, -0.15) is 0 Å². The van der Waals surface area contributed by atoms with Crippen molar-refractivity contribution in [3.05, 3.63) is 34.3 Å². The number of rotatable bonds is 0. The van der Waals surface area contributed by atoms with Crippen molar-refractivity contribution in [1.82, 2.24) is 4.98 Å². The molecule has 0 atom stereocenters. The topological polar surface area (TPSA) is 38.9 Å². The molecule has 0 fully saturated rings. The van der Waals surface area contributed by atoms with Gasteiger partial charge in [0.1, 0.15) is 5.82 Å². The van der Waals surface area contributed by atoms with Gasteiger partial charge in [-0.1, -0.05) is 23.2 Å². The molecule has 1 aromatic heterocycles. The minimum absolute atomic E-state index is 0.403. The van der Waals surface area contributed by atoms with Crippen LogP contribution >= 0.6 is 23.2 Å². The Labute approximate surface area is 85.3 Å². The fourth-order valence-electron chi connectivity index (χ4n) is 1.18. The molecular formula is C9H6Cl2N2. The predicted octanol–water partition coefficient (Wildman–Crippen LogP) is 3.12. The van der Waals surface area contributed by atoms with Gasteiger partial charge < -0.3 is 5.73 Å². The zero-order valence-corrected chi connectivity index (χ0v) is 8.10. The van der Waals surface area contributed by atoms with Gasteiger partial charge in [-0.3, -0.25) is 0 Å². The molecule has 0 aliphatic carbocycles. The van der Waals surface area contributed by atoms with Crippen LogP contribution in [0.4, 0.5) is 5.82 Å². The summed E-state index contributed by atoms with van der Waals surface area (Å²) in [5.41, 5.74) is 6.26. The zero-order chi connectivity index (χ0) is 9.42.